The molecule has 168 valence electrons. The van der Waals surface area contributed by atoms with Crippen LogP contribution in [0.25, 0.3) is 16.6 Å². The van der Waals surface area contributed by atoms with Gasteiger partial charge in [0.25, 0.3) is 11.5 Å². The fraction of sp³-hybridized carbons (Fsp3) is 0.125. The number of aromatic nitrogens is 2. The van der Waals surface area contributed by atoms with Crippen LogP contribution in [-0.4, -0.2) is 22.6 Å². The first-order chi connectivity index (χ1) is 15.7. The summed E-state index contributed by atoms with van der Waals surface area (Å²) in [5.41, 5.74) is -0.0558. The maximum atomic E-state index is 13.0. The first-order valence-electron chi connectivity index (χ1n) is 9.84. The van der Waals surface area contributed by atoms with E-state index in [1.807, 2.05) is 0 Å². The maximum absolute atomic E-state index is 13.0. The van der Waals surface area contributed by atoms with Crippen molar-refractivity contribution in [2.24, 2.45) is 0 Å². The van der Waals surface area contributed by atoms with Crippen LogP contribution in [0, 0.1) is 6.92 Å². The summed E-state index contributed by atoms with van der Waals surface area (Å²) >= 11 is 0. The van der Waals surface area contributed by atoms with E-state index in [1.165, 1.54) is 29.9 Å². The van der Waals surface area contributed by atoms with Gasteiger partial charge in [-0.25, -0.2) is 4.98 Å². The molecular formula is C24H18F3N3O3. The molecule has 0 unspecified atom stereocenters. The maximum Gasteiger partial charge on any atom is 0.416 e. The zero-order valence-electron chi connectivity index (χ0n) is 17.6. The van der Waals surface area contributed by atoms with Gasteiger partial charge < -0.3 is 10.1 Å². The van der Waals surface area contributed by atoms with E-state index in [-0.39, 0.29) is 22.6 Å². The van der Waals surface area contributed by atoms with Crippen molar-refractivity contribution in [3.63, 3.8) is 0 Å². The smallest absolute Gasteiger partial charge is 0.416 e. The van der Waals surface area contributed by atoms with E-state index in [0.29, 0.717) is 22.4 Å². The highest BCUT2D eigenvalue weighted by Gasteiger charge is 2.31. The summed E-state index contributed by atoms with van der Waals surface area (Å²) in [6.07, 6.45) is -4.56. The molecule has 0 spiro atoms. The molecule has 4 aromatic rings. The SMILES string of the molecule is COc1cc(-n2c(C)nc3ccccc3c2=O)ccc1NC(=O)c1cccc(C(F)(F)F)c1. The number of carbonyl (C=O) groups is 1. The van der Waals surface area contributed by atoms with Crippen molar-refractivity contribution >= 4 is 22.5 Å². The molecule has 0 radical (unpaired) electrons. The summed E-state index contributed by atoms with van der Waals surface area (Å²) in [7, 11) is 1.38. The third-order valence-electron chi connectivity index (χ3n) is 5.09. The Morgan fingerprint density at radius 1 is 1.03 bits per heavy atom. The average Bonchev–Trinajstić information content (AvgIpc) is 2.79. The van der Waals surface area contributed by atoms with Gasteiger partial charge in [-0.1, -0.05) is 18.2 Å². The van der Waals surface area contributed by atoms with E-state index in [9.17, 15) is 22.8 Å². The Morgan fingerprint density at radius 3 is 2.52 bits per heavy atom. The number of amides is 1. The molecule has 0 aliphatic carbocycles. The minimum atomic E-state index is -4.56. The van der Waals surface area contributed by atoms with Crippen LogP contribution in [0.2, 0.25) is 0 Å². The Morgan fingerprint density at radius 2 is 1.79 bits per heavy atom. The van der Waals surface area contributed by atoms with Crippen LogP contribution in [0.1, 0.15) is 21.7 Å². The third-order valence-corrected chi connectivity index (χ3v) is 5.09. The van der Waals surface area contributed by atoms with E-state index in [0.717, 1.165) is 12.1 Å². The minimum Gasteiger partial charge on any atom is -0.494 e. The lowest BCUT2D eigenvalue weighted by atomic mass is 10.1. The van der Waals surface area contributed by atoms with Crippen LogP contribution in [0.5, 0.6) is 5.75 Å². The summed E-state index contributed by atoms with van der Waals surface area (Å²) in [6, 6.07) is 15.8. The van der Waals surface area contributed by atoms with Gasteiger partial charge in [0.2, 0.25) is 0 Å². The van der Waals surface area contributed by atoms with Crippen LogP contribution in [-0.2, 0) is 6.18 Å². The van der Waals surface area contributed by atoms with Gasteiger partial charge in [-0.2, -0.15) is 13.2 Å². The highest BCUT2D eigenvalue weighted by Crippen LogP contribution is 2.31. The Kier molecular flexibility index (Phi) is 5.63. The number of benzene rings is 3. The molecule has 0 aliphatic heterocycles. The van der Waals surface area contributed by atoms with Crippen molar-refractivity contribution in [1.29, 1.82) is 0 Å². The fourth-order valence-electron chi connectivity index (χ4n) is 3.50. The second kappa shape index (κ2) is 8.42. The summed E-state index contributed by atoms with van der Waals surface area (Å²) < 4.78 is 45.7. The largest absolute Gasteiger partial charge is 0.494 e. The molecule has 1 heterocycles. The molecule has 0 saturated carbocycles. The van der Waals surface area contributed by atoms with Crippen molar-refractivity contribution in [2.45, 2.75) is 13.1 Å². The monoisotopic (exact) mass is 453 g/mol. The number of para-hydroxylation sites is 1. The summed E-state index contributed by atoms with van der Waals surface area (Å²) in [6.45, 7) is 1.70. The van der Waals surface area contributed by atoms with Crippen LogP contribution >= 0.6 is 0 Å². The number of fused-ring (bicyclic) bond motifs is 1. The second-order valence-corrected chi connectivity index (χ2v) is 7.23. The number of nitrogens with zero attached hydrogens (tertiary/aromatic N) is 2. The zero-order chi connectivity index (χ0) is 23.8. The molecule has 33 heavy (non-hydrogen) atoms. The normalized spacial score (nSPS) is 11.4. The van der Waals surface area contributed by atoms with Gasteiger partial charge >= 0.3 is 6.18 Å². The van der Waals surface area contributed by atoms with Crippen LogP contribution in [0.3, 0.4) is 0 Å². The van der Waals surface area contributed by atoms with Crippen molar-refractivity contribution < 1.29 is 22.7 Å². The average molecular weight is 453 g/mol. The van der Waals surface area contributed by atoms with Crippen LogP contribution < -0.4 is 15.6 Å². The lowest BCUT2D eigenvalue weighted by Crippen LogP contribution is -2.22. The molecule has 0 saturated heterocycles. The van der Waals surface area contributed by atoms with Gasteiger partial charge in [0.05, 0.1) is 35.0 Å². The van der Waals surface area contributed by atoms with Crippen molar-refractivity contribution in [3.8, 4) is 11.4 Å². The van der Waals surface area contributed by atoms with Crippen molar-refractivity contribution in [3.05, 3.63) is 94.0 Å². The molecule has 0 fully saturated rings. The summed E-state index contributed by atoms with van der Waals surface area (Å²) in [5.74, 6) is -0.0401. The van der Waals surface area contributed by atoms with Crippen molar-refractivity contribution in [1.82, 2.24) is 9.55 Å². The third kappa shape index (κ3) is 4.30. The molecule has 4 rings (SSSR count). The minimum absolute atomic E-state index is 0.151. The molecule has 0 atom stereocenters. The van der Waals surface area contributed by atoms with Crippen molar-refractivity contribution in [2.75, 3.05) is 12.4 Å². The number of methoxy groups -OCH3 is 1. The van der Waals surface area contributed by atoms with Crippen LogP contribution in [0.15, 0.2) is 71.5 Å². The molecule has 0 bridgehead atoms. The Labute approximate surface area is 186 Å². The molecule has 1 amide bonds. The Bertz CT molecular complexity index is 1430. The van der Waals surface area contributed by atoms with E-state index < -0.39 is 17.6 Å². The predicted molar refractivity (Wildman–Crippen MR) is 118 cm³/mol. The number of anilines is 1. The van der Waals surface area contributed by atoms with Gasteiger partial charge in [-0.3, -0.25) is 14.2 Å². The highest BCUT2D eigenvalue weighted by atomic mass is 19.4. The standard InChI is InChI=1S/C24H18F3N3O3/c1-14-28-19-9-4-3-8-18(19)23(32)30(14)17-10-11-20(21(13-17)33-2)29-22(31)15-6-5-7-16(12-15)24(25,26)27/h3-13H,1-2H3,(H,29,31). The van der Waals surface area contributed by atoms with E-state index in [4.69, 9.17) is 4.74 Å². The number of carbonyl (C=O) groups excluding carboxylic acids is 1. The molecule has 1 N–H and O–H groups in total. The number of aryl methyl sites for hydroxylation is 1. The fourth-order valence-corrected chi connectivity index (χ4v) is 3.50. The highest BCUT2D eigenvalue weighted by molar-refractivity contribution is 6.05. The number of hydrogen-bond donors (Lipinski definition) is 1. The number of rotatable bonds is 4. The number of ether oxygens (including phenoxy) is 1. The number of nitrogens with one attached hydrogen (secondary N) is 1. The first-order valence-corrected chi connectivity index (χ1v) is 9.84. The molecule has 1 aromatic heterocycles. The van der Waals surface area contributed by atoms with E-state index >= 15 is 0 Å². The van der Waals surface area contributed by atoms with Gasteiger partial charge in [0, 0.05) is 11.6 Å². The second-order valence-electron chi connectivity index (χ2n) is 7.23. The number of alkyl halides is 3. The molecule has 6 nitrogen and oxygen atoms in total. The predicted octanol–water partition coefficient (Wildman–Crippen LogP) is 4.97. The summed E-state index contributed by atoms with van der Waals surface area (Å²) in [4.78, 5) is 30.1. The Hall–Kier alpha value is -4.14. The first kappa shape index (κ1) is 22.1. The van der Waals surface area contributed by atoms with E-state index in [2.05, 4.69) is 10.3 Å². The van der Waals surface area contributed by atoms with Gasteiger partial charge in [-0.15, -0.1) is 0 Å². The molecule has 3 aromatic carbocycles. The van der Waals surface area contributed by atoms with E-state index in [1.54, 1.807) is 43.3 Å². The molecular weight excluding hydrogens is 435 g/mol. The van der Waals surface area contributed by atoms with Gasteiger partial charge in [0.15, 0.2) is 0 Å². The number of halogens is 3. The van der Waals surface area contributed by atoms with Crippen LogP contribution in [0.4, 0.5) is 18.9 Å². The lowest BCUT2D eigenvalue weighted by molar-refractivity contribution is -0.137. The zero-order valence-corrected chi connectivity index (χ0v) is 17.6. The van der Waals surface area contributed by atoms with Gasteiger partial charge in [-0.05, 0) is 49.4 Å². The van der Waals surface area contributed by atoms with Gasteiger partial charge in [0.1, 0.15) is 11.6 Å². The molecule has 0 aliphatic rings. The Balaban J connectivity index is 1.70. The topological polar surface area (TPSA) is 73.2 Å². The quantitative estimate of drug-likeness (QED) is 0.473. The number of hydrogen-bond acceptors (Lipinski definition) is 4. The molecule has 9 heteroatoms. The summed E-state index contributed by atoms with van der Waals surface area (Å²) in [5, 5.41) is 3.01. The lowest BCUT2D eigenvalue weighted by Gasteiger charge is -2.15.